The number of aryl methyl sites for hydroxylation is 2. The van der Waals surface area contributed by atoms with Gasteiger partial charge < -0.3 is 4.57 Å². The molecule has 0 bridgehead atoms. The molecule has 10 heteroatoms. The first-order valence-electron chi connectivity index (χ1n) is 10.9. The Morgan fingerprint density at radius 2 is 1.77 bits per heavy atom. The molecule has 1 fully saturated rings. The summed E-state index contributed by atoms with van der Waals surface area (Å²) in [6.07, 6.45) is 1.84. The number of aromatic nitrogens is 4. The topological polar surface area (TPSA) is 79.2 Å². The molecule has 0 amide bonds. The van der Waals surface area contributed by atoms with Crippen LogP contribution in [0.15, 0.2) is 21.7 Å². The van der Waals surface area contributed by atoms with E-state index in [2.05, 4.69) is 27.8 Å². The van der Waals surface area contributed by atoms with Gasteiger partial charge in [-0.05, 0) is 25.5 Å². The van der Waals surface area contributed by atoms with Gasteiger partial charge in [0, 0.05) is 50.7 Å². The number of imidazole rings is 1. The molecule has 3 aromatic heterocycles. The van der Waals surface area contributed by atoms with Crippen LogP contribution < -0.4 is 11.2 Å². The van der Waals surface area contributed by atoms with Crippen LogP contribution in [0.4, 0.5) is 0 Å². The number of nitrogens with zero attached hydrogens (tertiary/aromatic N) is 5. The number of piperazine rings is 1. The molecular formula is C21H29ClN6O2S. The maximum atomic E-state index is 12.6. The Balaban J connectivity index is 1.51. The van der Waals surface area contributed by atoms with Crippen molar-refractivity contribution in [3.05, 3.63) is 48.0 Å². The van der Waals surface area contributed by atoms with E-state index in [0.29, 0.717) is 30.8 Å². The number of hydrogen-bond donors (Lipinski definition) is 1. The predicted molar refractivity (Wildman–Crippen MR) is 125 cm³/mol. The van der Waals surface area contributed by atoms with Crippen molar-refractivity contribution in [1.82, 2.24) is 28.9 Å². The van der Waals surface area contributed by atoms with Crippen LogP contribution in [-0.4, -0.2) is 55.1 Å². The molecule has 0 atom stereocenters. The van der Waals surface area contributed by atoms with Crippen molar-refractivity contribution in [3.63, 3.8) is 0 Å². The molecule has 0 aliphatic carbocycles. The van der Waals surface area contributed by atoms with Gasteiger partial charge in [-0.25, -0.2) is 9.78 Å². The Hall–Kier alpha value is -1.94. The molecular weight excluding hydrogens is 436 g/mol. The number of unbranched alkanes of at least 4 members (excludes halogenated alkanes) is 1. The molecule has 0 saturated carbocycles. The number of halogens is 1. The minimum atomic E-state index is -0.374. The van der Waals surface area contributed by atoms with Crippen LogP contribution in [0.1, 0.15) is 37.4 Å². The monoisotopic (exact) mass is 464 g/mol. The molecule has 0 spiro atoms. The summed E-state index contributed by atoms with van der Waals surface area (Å²) in [6.45, 7) is 10.7. The molecule has 0 unspecified atom stereocenters. The van der Waals surface area contributed by atoms with Gasteiger partial charge in [0.2, 0.25) is 0 Å². The van der Waals surface area contributed by atoms with Gasteiger partial charge in [-0.1, -0.05) is 24.9 Å². The number of fused-ring (bicyclic) bond motifs is 1. The Morgan fingerprint density at radius 3 is 2.39 bits per heavy atom. The van der Waals surface area contributed by atoms with Crippen molar-refractivity contribution < 1.29 is 0 Å². The van der Waals surface area contributed by atoms with Gasteiger partial charge >= 0.3 is 5.69 Å². The normalized spacial score (nSPS) is 15.8. The molecule has 4 heterocycles. The van der Waals surface area contributed by atoms with E-state index in [9.17, 15) is 9.59 Å². The van der Waals surface area contributed by atoms with E-state index < -0.39 is 0 Å². The second-order valence-electron chi connectivity index (χ2n) is 7.97. The number of aromatic amines is 1. The molecule has 1 aliphatic rings. The van der Waals surface area contributed by atoms with Gasteiger partial charge in [-0.2, -0.15) is 0 Å². The van der Waals surface area contributed by atoms with E-state index >= 15 is 0 Å². The van der Waals surface area contributed by atoms with Crippen molar-refractivity contribution >= 4 is 34.1 Å². The second kappa shape index (κ2) is 9.68. The average Bonchev–Trinajstić information content (AvgIpc) is 3.32. The van der Waals surface area contributed by atoms with E-state index in [1.54, 1.807) is 15.9 Å². The van der Waals surface area contributed by atoms with E-state index in [-0.39, 0.29) is 11.2 Å². The van der Waals surface area contributed by atoms with Gasteiger partial charge in [-0.15, -0.1) is 11.3 Å². The molecule has 0 aromatic carbocycles. The van der Waals surface area contributed by atoms with Crippen molar-refractivity contribution in [2.24, 2.45) is 0 Å². The minimum absolute atomic E-state index is 0.354. The highest BCUT2D eigenvalue weighted by atomic mass is 35.5. The summed E-state index contributed by atoms with van der Waals surface area (Å²) < 4.78 is 4.40. The summed E-state index contributed by atoms with van der Waals surface area (Å²) in [7, 11) is 0. The molecule has 1 N–H and O–H groups in total. The number of thiophene rings is 1. The maximum Gasteiger partial charge on any atom is 0.330 e. The minimum Gasteiger partial charge on any atom is -0.321 e. The highest BCUT2D eigenvalue weighted by Crippen LogP contribution is 2.23. The Kier molecular flexibility index (Phi) is 6.95. The fourth-order valence-corrected chi connectivity index (χ4v) is 5.30. The molecule has 3 aromatic rings. The van der Waals surface area contributed by atoms with E-state index in [0.717, 1.165) is 55.7 Å². The van der Waals surface area contributed by atoms with Gasteiger partial charge in [0.15, 0.2) is 11.2 Å². The predicted octanol–water partition coefficient (Wildman–Crippen LogP) is 2.74. The van der Waals surface area contributed by atoms with Crippen LogP contribution >= 0.6 is 22.9 Å². The lowest BCUT2D eigenvalue weighted by Gasteiger charge is -2.34. The number of H-pyrrole nitrogens is 1. The average molecular weight is 465 g/mol. The first-order valence-corrected chi connectivity index (χ1v) is 12.1. The summed E-state index contributed by atoms with van der Waals surface area (Å²) >= 11 is 7.69. The van der Waals surface area contributed by atoms with Crippen LogP contribution in [0.3, 0.4) is 0 Å². The Morgan fingerprint density at radius 1 is 1.06 bits per heavy atom. The zero-order chi connectivity index (χ0) is 22.0. The lowest BCUT2D eigenvalue weighted by Crippen LogP contribution is -2.45. The lowest BCUT2D eigenvalue weighted by atomic mass is 10.3. The van der Waals surface area contributed by atoms with Crippen LogP contribution in [0.2, 0.25) is 4.34 Å². The summed E-state index contributed by atoms with van der Waals surface area (Å²) in [5.74, 6) is 0.845. The van der Waals surface area contributed by atoms with Gasteiger partial charge in [0.05, 0.1) is 10.9 Å². The second-order valence-corrected chi connectivity index (χ2v) is 9.77. The zero-order valence-corrected chi connectivity index (χ0v) is 19.6. The van der Waals surface area contributed by atoms with E-state index in [1.807, 2.05) is 17.6 Å². The van der Waals surface area contributed by atoms with Gasteiger partial charge in [-0.3, -0.25) is 24.1 Å². The van der Waals surface area contributed by atoms with Gasteiger partial charge in [0.25, 0.3) is 5.56 Å². The lowest BCUT2D eigenvalue weighted by molar-refractivity contribution is 0.120. The molecule has 1 aliphatic heterocycles. The van der Waals surface area contributed by atoms with Crippen LogP contribution in [0.5, 0.6) is 0 Å². The quantitative estimate of drug-likeness (QED) is 0.554. The smallest absolute Gasteiger partial charge is 0.321 e. The fraction of sp³-hybridized carbons (Fsp3) is 0.571. The van der Waals surface area contributed by atoms with E-state index in [1.165, 1.54) is 4.88 Å². The number of hydrogen-bond acceptors (Lipinski definition) is 6. The third kappa shape index (κ3) is 4.79. The summed E-state index contributed by atoms with van der Waals surface area (Å²) in [5, 5.41) is 0. The Labute approximate surface area is 190 Å². The highest BCUT2D eigenvalue weighted by Gasteiger charge is 2.22. The number of rotatable bonds is 8. The summed E-state index contributed by atoms with van der Waals surface area (Å²) in [5.41, 5.74) is 0.280. The third-order valence-electron chi connectivity index (χ3n) is 5.85. The molecule has 1 saturated heterocycles. The first kappa shape index (κ1) is 22.3. The summed E-state index contributed by atoms with van der Waals surface area (Å²) in [6, 6.07) is 4.05. The molecule has 0 radical (unpaired) electrons. The summed E-state index contributed by atoms with van der Waals surface area (Å²) in [4.78, 5) is 38.3. The standard InChI is InChI=1S/C21H29ClN6O2S/c1-3-5-8-28-19-18(20(29)24-21(28)30)27(4-2)17(23-19)14-26-11-9-25(10-12-26)13-15-6-7-16(22)31-15/h6-7H,3-5,8-14H2,1-2H3,(H,24,29,30). The van der Waals surface area contributed by atoms with E-state index in [4.69, 9.17) is 16.6 Å². The maximum absolute atomic E-state index is 12.6. The van der Waals surface area contributed by atoms with Crippen molar-refractivity contribution in [2.45, 2.75) is 52.9 Å². The van der Waals surface area contributed by atoms with Crippen LogP contribution in [0, 0.1) is 0 Å². The molecule has 8 nitrogen and oxygen atoms in total. The van der Waals surface area contributed by atoms with Crippen molar-refractivity contribution in [3.8, 4) is 0 Å². The van der Waals surface area contributed by atoms with Crippen molar-refractivity contribution in [2.75, 3.05) is 26.2 Å². The molecule has 168 valence electrons. The first-order chi connectivity index (χ1) is 15.0. The fourth-order valence-electron chi connectivity index (χ4n) is 4.17. The number of nitrogens with one attached hydrogen (secondary N) is 1. The molecule has 4 rings (SSSR count). The highest BCUT2D eigenvalue weighted by molar-refractivity contribution is 7.16. The van der Waals surface area contributed by atoms with Gasteiger partial charge in [0.1, 0.15) is 5.82 Å². The van der Waals surface area contributed by atoms with Crippen LogP contribution in [-0.2, 0) is 26.2 Å². The Bertz CT molecular complexity index is 1160. The van der Waals surface area contributed by atoms with Crippen molar-refractivity contribution in [1.29, 1.82) is 0 Å². The SMILES string of the molecule is CCCCn1c(=O)[nH]c(=O)c2c1nc(CN1CCN(Cc3ccc(Cl)s3)CC1)n2CC. The zero-order valence-electron chi connectivity index (χ0n) is 18.1. The third-order valence-corrected chi connectivity index (χ3v) is 7.07. The molecule has 31 heavy (non-hydrogen) atoms. The largest absolute Gasteiger partial charge is 0.330 e. The van der Waals surface area contributed by atoms with Crippen LogP contribution in [0.25, 0.3) is 11.2 Å².